The van der Waals surface area contributed by atoms with Crippen LogP contribution in [-0.2, 0) is 0 Å². The number of nitrogens with zero attached hydrogens (tertiary/aromatic N) is 1. The SMILES string of the molecule is C=C/C(CC)=C(\C=C/CC(C)NC/C=C\NC)C(C)(CC)N=C. The van der Waals surface area contributed by atoms with Gasteiger partial charge in [0.15, 0.2) is 0 Å². The lowest BCUT2D eigenvalue weighted by molar-refractivity contribution is 0.542. The molecule has 0 spiro atoms. The van der Waals surface area contributed by atoms with Gasteiger partial charge in [-0.1, -0.05) is 44.7 Å². The zero-order chi connectivity index (χ0) is 17.7. The summed E-state index contributed by atoms with van der Waals surface area (Å²) in [5.41, 5.74) is 2.23. The summed E-state index contributed by atoms with van der Waals surface area (Å²) in [6.45, 7) is 17.3. The fourth-order valence-electron chi connectivity index (χ4n) is 2.38. The molecule has 3 nitrogen and oxygen atoms in total. The van der Waals surface area contributed by atoms with Gasteiger partial charge in [0.25, 0.3) is 0 Å². The van der Waals surface area contributed by atoms with Crippen LogP contribution in [0.2, 0.25) is 0 Å². The highest BCUT2D eigenvalue weighted by molar-refractivity contribution is 5.43. The van der Waals surface area contributed by atoms with Gasteiger partial charge in [-0.25, -0.2) is 0 Å². The Bertz CT molecular complexity index is 446. The molecule has 2 atom stereocenters. The highest BCUT2D eigenvalue weighted by Crippen LogP contribution is 2.30. The van der Waals surface area contributed by atoms with Crippen LogP contribution in [0.1, 0.15) is 47.0 Å². The summed E-state index contributed by atoms with van der Waals surface area (Å²) in [4.78, 5) is 4.38. The van der Waals surface area contributed by atoms with Crippen molar-refractivity contribution in [3.8, 4) is 0 Å². The third-order valence-electron chi connectivity index (χ3n) is 4.23. The lowest BCUT2D eigenvalue weighted by Crippen LogP contribution is -2.26. The lowest BCUT2D eigenvalue weighted by Gasteiger charge is -2.27. The van der Waals surface area contributed by atoms with Crippen LogP contribution in [0.25, 0.3) is 0 Å². The summed E-state index contributed by atoms with van der Waals surface area (Å²) < 4.78 is 0. The smallest absolute Gasteiger partial charge is 0.0821 e. The quantitative estimate of drug-likeness (QED) is 0.413. The van der Waals surface area contributed by atoms with Crippen LogP contribution in [0, 0.1) is 0 Å². The van der Waals surface area contributed by atoms with Crippen LogP contribution < -0.4 is 10.6 Å². The molecule has 0 amide bonds. The minimum Gasteiger partial charge on any atom is -0.394 e. The predicted molar refractivity (Wildman–Crippen MR) is 105 cm³/mol. The van der Waals surface area contributed by atoms with Gasteiger partial charge in [0.1, 0.15) is 0 Å². The fraction of sp³-hybridized carbons (Fsp3) is 0.550. The number of aliphatic imine (C=N–C) groups is 1. The molecule has 0 rings (SSSR count). The van der Waals surface area contributed by atoms with Crippen molar-refractivity contribution >= 4 is 6.72 Å². The number of hydrogen-bond donors (Lipinski definition) is 2. The molecule has 0 aliphatic rings. The molecule has 2 N–H and O–H groups in total. The first-order chi connectivity index (χ1) is 11.0. The second-order valence-electron chi connectivity index (χ2n) is 5.92. The average Bonchev–Trinajstić information content (AvgIpc) is 2.57. The molecule has 0 aromatic carbocycles. The van der Waals surface area contributed by atoms with Crippen LogP contribution in [0.15, 0.2) is 53.2 Å². The molecular formula is C20H35N3. The zero-order valence-corrected chi connectivity index (χ0v) is 15.7. The van der Waals surface area contributed by atoms with Crippen molar-refractivity contribution in [2.75, 3.05) is 13.6 Å². The van der Waals surface area contributed by atoms with Crippen molar-refractivity contribution in [1.29, 1.82) is 0 Å². The van der Waals surface area contributed by atoms with Gasteiger partial charge in [-0.15, -0.1) is 0 Å². The number of hydrogen-bond acceptors (Lipinski definition) is 3. The fourth-order valence-corrected chi connectivity index (χ4v) is 2.38. The first-order valence-electron chi connectivity index (χ1n) is 8.55. The largest absolute Gasteiger partial charge is 0.394 e. The Hall–Kier alpha value is -1.61. The molecular weight excluding hydrogens is 282 g/mol. The molecule has 130 valence electrons. The Labute approximate surface area is 143 Å². The molecule has 0 aromatic heterocycles. The molecule has 0 fully saturated rings. The van der Waals surface area contributed by atoms with E-state index in [1.807, 2.05) is 19.3 Å². The van der Waals surface area contributed by atoms with Crippen molar-refractivity contribution in [2.45, 2.75) is 58.5 Å². The van der Waals surface area contributed by atoms with E-state index in [0.717, 1.165) is 25.8 Å². The third kappa shape index (κ3) is 7.47. The van der Waals surface area contributed by atoms with Gasteiger partial charge in [-0.3, -0.25) is 4.99 Å². The van der Waals surface area contributed by atoms with E-state index >= 15 is 0 Å². The van der Waals surface area contributed by atoms with E-state index < -0.39 is 0 Å². The Kier molecular flexibility index (Phi) is 11.1. The Morgan fingerprint density at radius 2 is 2.00 bits per heavy atom. The van der Waals surface area contributed by atoms with E-state index in [0.29, 0.717) is 6.04 Å². The maximum atomic E-state index is 4.38. The zero-order valence-electron chi connectivity index (χ0n) is 15.7. The number of allylic oxidation sites excluding steroid dienone is 2. The van der Waals surface area contributed by atoms with Crippen LogP contribution in [-0.4, -0.2) is 31.9 Å². The van der Waals surface area contributed by atoms with Crippen LogP contribution >= 0.6 is 0 Å². The molecule has 0 bridgehead atoms. The van der Waals surface area contributed by atoms with Gasteiger partial charge in [-0.05, 0) is 57.2 Å². The van der Waals surface area contributed by atoms with E-state index in [2.05, 4.69) is 74.8 Å². The standard InChI is InChI=1S/C20H35N3/c1-8-18(9-2)19(20(5,10-3)22-7)14-11-13-17(4)23-16-12-15-21-6/h8,11-12,14-15,17,21,23H,1,7,9-10,13,16H2,2-6H3/b14-11-,15-12-,19-18-. The summed E-state index contributed by atoms with van der Waals surface area (Å²) in [6.07, 6.45) is 13.3. The molecule has 2 unspecified atom stereocenters. The average molecular weight is 318 g/mol. The molecule has 0 aromatic rings. The molecule has 0 radical (unpaired) electrons. The highest BCUT2D eigenvalue weighted by atomic mass is 14.9. The summed E-state index contributed by atoms with van der Waals surface area (Å²) in [5, 5.41) is 6.45. The van der Waals surface area contributed by atoms with Crippen molar-refractivity contribution in [3.05, 3.63) is 48.2 Å². The molecule has 0 saturated carbocycles. The molecule has 0 aliphatic carbocycles. The predicted octanol–water partition coefficient (Wildman–Crippen LogP) is 4.41. The summed E-state index contributed by atoms with van der Waals surface area (Å²) in [7, 11) is 1.90. The van der Waals surface area contributed by atoms with Crippen molar-refractivity contribution in [3.63, 3.8) is 0 Å². The molecule has 3 heteroatoms. The van der Waals surface area contributed by atoms with E-state index in [4.69, 9.17) is 0 Å². The first kappa shape index (κ1) is 21.4. The van der Waals surface area contributed by atoms with E-state index in [-0.39, 0.29) is 5.54 Å². The topological polar surface area (TPSA) is 36.4 Å². The summed E-state index contributed by atoms with van der Waals surface area (Å²) in [6, 6.07) is 0.424. The minimum absolute atomic E-state index is 0.248. The monoisotopic (exact) mass is 317 g/mol. The summed E-state index contributed by atoms with van der Waals surface area (Å²) in [5.74, 6) is 0. The van der Waals surface area contributed by atoms with Gasteiger partial charge < -0.3 is 10.6 Å². The molecule has 0 heterocycles. The maximum Gasteiger partial charge on any atom is 0.0821 e. The highest BCUT2D eigenvalue weighted by Gasteiger charge is 2.25. The molecule has 0 aliphatic heterocycles. The second-order valence-corrected chi connectivity index (χ2v) is 5.92. The third-order valence-corrected chi connectivity index (χ3v) is 4.23. The van der Waals surface area contributed by atoms with Gasteiger partial charge in [0.2, 0.25) is 0 Å². The lowest BCUT2D eigenvalue weighted by atomic mass is 9.84. The maximum absolute atomic E-state index is 4.38. The Morgan fingerprint density at radius 1 is 1.30 bits per heavy atom. The first-order valence-corrected chi connectivity index (χ1v) is 8.55. The van der Waals surface area contributed by atoms with Crippen LogP contribution in [0.4, 0.5) is 0 Å². The molecule has 0 saturated heterocycles. The minimum atomic E-state index is -0.248. The van der Waals surface area contributed by atoms with Gasteiger partial charge in [0.05, 0.1) is 5.54 Å². The molecule has 23 heavy (non-hydrogen) atoms. The number of rotatable bonds is 12. The summed E-state index contributed by atoms with van der Waals surface area (Å²) >= 11 is 0. The van der Waals surface area contributed by atoms with E-state index in [1.165, 1.54) is 11.1 Å². The van der Waals surface area contributed by atoms with Crippen molar-refractivity contribution in [2.24, 2.45) is 4.99 Å². The van der Waals surface area contributed by atoms with E-state index in [9.17, 15) is 0 Å². The van der Waals surface area contributed by atoms with E-state index in [1.54, 1.807) is 0 Å². The van der Waals surface area contributed by atoms with Crippen LogP contribution in [0.3, 0.4) is 0 Å². The second kappa shape index (κ2) is 11.9. The van der Waals surface area contributed by atoms with Gasteiger partial charge >= 0.3 is 0 Å². The van der Waals surface area contributed by atoms with Crippen molar-refractivity contribution in [1.82, 2.24) is 10.6 Å². The van der Waals surface area contributed by atoms with Gasteiger partial charge in [0, 0.05) is 19.6 Å². The van der Waals surface area contributed by atoms with Gasteiger partial charge in [-0.2, -0.15) is 0 Å². The Balaban J connectivity index is 4.98. The normalized spacial score (nSPS) is 16.9. The number of nitrogens with one attached hydrogen (secondary N) is 2. The van der Waals surface area contributed by atoms with Crippen molar-refractivity contribution < 1.29 is 0 Å². The van der Waals surface area contributed by atoms with Crippen LogP contribution in [0.5, 0.6) is 0 Å². The Morgan fingerprint density at radius 3 is 2.48 bits per heavy atom.